The lowest BCUT2D eigenvalue weighted by Gasteiger charge is -2.24. The molecule has 0 bridgehead atoms. The van der Waals surface area contributed by atoms with Gasteiger partial charge in [-0.3, -0.25) is 4.79 Å². The van der Waals surface area contributed by atoms with Crippen molar-refractivity contribution in [1.29, 1.82) is 0 Å². The average molecular weight is 457 g/mol. The summed E-state index contributed by atoms with van der Waals surface area (Å²) in [7, 11) is -0.471. The van der Waals surface area contributed by atoms with Crippen molar-refractivity contribution in [2.45, 2.75) is 58.0 Å². The molecular formula is C22H27F3N2O3S. The lowest BCUT2D eigenvalue weighted by molar-refractivity contribution is -0.141. The number of carbonyl (C=O) groups excluding carboxylic acids is 1. The maximum Gasteiger partial charge on any atom is 0.433 e. The van der Waals surface area contributed by atoms with Crippen LogP contribution in [0.2, 0.25) is 0 Å². The molecular weight excluding hydrogens is 429 g/mol. The average Bonchev–Trinajstić information content (AvgIpc) is 2.65. The first-order valence-electron chi connectivity index (χ1n) is 9.64. The number of hydrogen-bond acceptors (Lipinski definition) is 4. The SMILES string of the molecule is COC(=O)C[C@@H](N[S@](=O)C(C)(C)C)c1cc(-c2c(C)cccc2C)cc(C(F)(F)F)n1. The van der Waals surface area contributed by atoms with Crippen molar-refractivity contribution in [1.82, 2.24) is 9.71 Å². The Labute approximate surface area is 183 Å². The van der Waals surface area contributed by atoms with Crippen molar-refractivity contribution in [3.8, 4) is 11.1 Å². The van der Waals surface area contributed by atoms with E-state index in [9.17, 15) is 22.2 Å². The number of carbonyl (C=O) groups is 1. The lowest BCUT2D eigenvalue weighted by Crippen LogP contribution is -2.37. The van der Waals surface area contributed by atoms with Gasteiger partial charge in [0.25, 0.3) is 0 Å². The number of hydrogen-bond donors (Lipinski definition) is 1. The van der Waals surface area contributed by atoms with E-state index in [0.29, 0.717) is 11.1 Å². The summed E-state index contributed by atoms with van der Waals surface area (Å²) < 4.78 is 60.4. The van der Waals surface area contributed by atoms with Gasteiger partial charge in [0.1, 0.15) is 5.69 Å². The van der Waals surface area contributed by atoms with Gasteiger partial charge in [-0.15, -0.1) is 0 Å². The normalized spacial score (nSPS) is 14.2. The van der Waals surface area contributed by atoms with Crippen molar-refractivity contribution >= 4 is 17.0 Å². The predicted molar refractivity (Wildman–Crippen MR) is 115 cm³/mol. The Bertz CT molecular complexity index is 965. The number of methoxy groups -OCH3 is 1. The second kappa shape index (κ2) is 9.48. The second-order valence-corrected chi connectivity index (χ2v) is 10.3. The second-order valence-electron chi connectivity index (χ2n) is 8.26. The number of aromatic nitrogens is 1. The van der Waals surface area contributed by atoms with Crippen LogP contribution in [0.3, 0.4) is 0 Å². The number of ether oxygens (including phenoxy) is 1. The van der Waals surface area contributed by atoms with Gasteiger partial charge < -0.3 is 4.74 Å². The van der Waals surface area contributed by atoms with Crippen LogP contribution in [0.5, 0.6) is 0 Å². The quantitative estimate of drug-likeness (QED) is 0.619. The van der Waals surface area contributed by atoms with E-state index in [4.69, 9.17) is 4.74 Å². The van der Waals surface area contributed by atoms with E-state index in [1.54, 1.807) is 20.8 Å². The molecule has 170 valence electrons. The number of benzene rings is 1. The summed E-state index contributed by atoms with van der Waals surface area (Å²) in [5.41, 5.74) is 1.48. The highest BCUT2D eigenvalue weighted by Gasteiger charge is 2.35. The maximum atomic E-state index is 13.7. The first kappa shape index (κ1) is 25.0. The summed E-state index contributed by atoms with van der Waals surface area (Å²) in [6.07, 6.45) is -5.01. The molecule has 0 aliphatic carbocycles. The molecule has 2 rings (SSSR count). The molecule has 0 unspecified atom stereocenters. The zero-order chi connectivity index (χ0) is 23.6. The minimum atomic E-state index is -4.69. The van der Waals surface area contributed by atoms with Gasteiger partial charge in [-0.1, -0.05) is 18.2 Å². The molecule has 0 radical (unpaired) electrons. The predicted octanol–water partition coefficient (Wildman–Crippen LogP) is 5.04. The number of pyridine rings is 1. The number of rotatable bonds is 6. The van der Waals surface area contributed by atoms with E-state index in [2.05, 4.69) is 9.71 Å². The molecule has 5 nitrogen and oxygen atoms in total. The fourth-order valence-electron chi connectivity index (χ4n) is 3.05. The molecule has 1 heterocycles. The third-order valence-corrected chi connectivity index (χ3v) is 6.28. The molecule has 1 aromatic carbocycles. The molecule has 2 atom stereocenters. The fourth-order valence-corrected chi connectivity index (χ4v) is 3.87. The molecule has 31 heavy (non-hydrogen) atoms. The van der Waals surface area contributed by atoms with Crippen LogP contribution in [0.25, 0.3) is 11.1 Å². The molecule has 0 fully saturated rings. The summed E-state index contributed by atoms with van der Waals surface area (Å²) in [5.74, 6) is -0.656. The van der Waals surface area contributed by atoms with Gasteiger partial charge in [0.2, 0.25) is 0 Å². The first-order valence-corrected chi connectivity index (χ1v) is 10.8. The number of aryl methyl sites for hydroxylation is 2. The monoisotopic (exact) mass is 456 g/mol. The number of nitrogens with zero attached hydrogens (tertiary/aromatic N) is 1. The number of halogens is 3. The van der Waals surface area contributed by atoms with Crippen LogP contribution in [-0.2, 0) is 26.7 Å². The Morgan fingerprint density at radius 1 is 1.16 bits per heavy atom. The Hall–Kier alpha value is -2.26. The standard InChI is InChI=1S/C22H27F3N2O3S/c1-13-8-7-9-14(2)20(13)15-10-16(26-18(11-15)22(23,24)25)17(12-19(28)30-6)27-31(29)21(3,4)5/h7-11,17,27H,12H2,1-6H3/t17-,31-/m1/s1. The van der Waals surface area contributed by atoms with Gasteiger partial charge in [0.15, 0.2) is 0 Å². The summed E-state index contributed by atoms with van der Waals surface area (Å²) >= 11 is 0. The molecule has 0 aliphatic heterocycles. The third kappa shape index (κ3) is 6.36. The van der Waals surface area contributed by atoms with Crippen molar-refractivity contribution in [2.75, 3.05) is 7.11 Å². The van der Waals surface area contributed by atoms with E-state index in [0.717, 1.165) is 17.2 Å². The van der Waals surface area contributed by atoms with Crippen LogP contribution in [0.4, 0.5) is 13.2 Å². The Morgan fingerprint density at radius 2 is 1.74 bits per heavy atom. The zero-order valence-electron chi connectivity index (χ0n) is 18.4. The summed E-state index contributed by atoms with van der Waals surface area (Å²) in [5, 5.41) is 0. The van der Waals surface area contributed by atoms with E-state index in [-0.39, 0.29) is 12.1 Å². The molecule has 0 saturated heterocycles. The van der Waals surface area contributed by atoms with E-state index in [1.807, 2.05) is 32.0 Å². The summed E-state index contributed by atoms with van der Waals surface area (Å²) in [6, 6.07) is 6.93. The molecule has 9 heteroatoms. The maximum absolute atomic E-state index is 13.7. The summed E-state index contributed by atoms with van der Waals surface area (Å²) in [6.45, 7) is 8.77. The number of nitrogens with one attached hydrogen (secondary N) is 1. The topological polar surface area (TPSA) is 68.3 Å². The molecule has 1 aromatic heterocycles. The highest BCUT2D eigenvalue weighted by atomic mass is 32.2. The molecule has 0 aliphatic rings. The van der Waals surface area contributed by atoms with Gasteiger partial charge in [0.05, 0.1) is 41.0 Å². The smallest absolute Gasteiger partial charge is 0.433 e. The van der Waals surface area contributed by atoms with Gasteiger partial charge in [-0.2, -0.15) is 13.2 Å². The lowest BCUT2D eigenvalue weighted by atomic mass is 9.94. The molecule has 0 spiro atoms. The third-order valence-electron chi connectivity index (χ3n) is 4.67. The molecule has 2 aromatic rings. The number of alkyl halides is 3. The van der Waals surface area contributed by atoms with Crippen molar-refractivity contribution in [2.24, 2.45) is 0 Å². The van der Waals surface area contributed by atoms with Gasteiger partial charge in [-0.25, -0.2) is 13.9 Å². The van der Waals surface area contributed by atoms with E-state index < -0.39 is 39.6 Å². The molecule has 0 saturated carbocycles. The molecule has 0 amide bonds. The fraction of sp³-hybridized carbons (Fsp3) is 0.455. The van der Waals surface area contributed by atoms with Gasteiger partial charge >= 0.3 is 12.1 Å². The first-order chi connectivity index (χ1) is 14.2. The Morgan fingerprint density at radius 3 is 2.23 bits per heavy atom. The van der Waals surface area contributed by atoms with Gasteiger partial charge in [-0.05, 0) is 69.0 Å². The van der Waals surface area contributed by atoms with Crippen molar-refractivity contribution in [3.05, 3.63) is 52.8 Å². The largest absolute Gasteiger partial charge is 0.469 e. The zero-order valence-corrected chi connectivity index (χ0v) is 19.2. The van der Waals surface area contributed by atoms with E-state index >= 15 is 0 Å². The van der Waals surface area contributed by atoms with Gasteiger partial charge in [0, 0.05) is 0 Å². The minimum Gasteiger partial charge on any atom is -0.469 e. The molecule has 1 N–H and O–H groups in total. The van der Waals surface area contributed by atoms with Crippen LogP contribution >= 0.6 is 0 Å². The number of esters is 1. The Balaban J connectivity index is 2.69. The van der Waals surface area contributed by atoms with Crippen LogP contribution in [0, 0.1) is 13.8 Å². The Kier molecular flexibility index (Phi) is 7.65. The van der Waals surface area contributed by atoms with Crippen molar-refractivity contribution in [3.63, 3.8) is 0 Å². The minimum absolute atomic E-state index is 0.0320. The van der Waals surface area contributed by atoms with Crippen LogP contribution in [0.15, 0.2) is 30.3 Å². The van der Waals surface area contributed by atoms with E-state index in [1.165, 1.54) is 13.2 Å². The highest BCUT2D eigenvalue weighted by molar-refractivity contribution is 7.84. The van der Waals surface area contributed by atoms with Crippen LogP contribution < -0.4 is 4.72 Å². The van der Waals surface area contributed by atoms with Crippen LogP contribution in [-0.4, -0.2) is 27.0 Å². The summed E-state index contributed by atoms with van der Waals surface area (Å²) in [4.78, 5) is 15.7. The highest BCUT2D eigenvalue weighted by Crippen LogP contribution is 2.35. The van der Waals surface area contributed by atoms with Crippen molar-refractivity contribution < 1.29 is 26.9 Å². The van der Waals surface area contributed by atoms with Crippen LogP contribution in [0.1, 0.15) is 55.7 Å².